The third kappa shape index (κ3) is 6.38. The van der Waals surface area contributed by atoms with Crippen LogP contribution in [0.3, 0.4) is 0 Å². The summed E-state index contributed by atoms with van der Waals surface area (Å²) in [6.07, 6.45) is -2.60. The van der Waals surface area contributed by atoms with Gasteiger partial charge in [0.2, 0.25) is 10.0 Å². The van der Waals surface area contributed by atoms with Gasteiger partial charge in [0.1, 0.15) is 11.2 Å². The highest BCUT2D eigenvalue weighted by molar-refractivity contribution is 9.10. The molecule has 0 atom stereocenters. The Bertz CT molecular complexity index is 465. The average molecular weight is 349 g/mol. The molecule has 18 heavy (non-hydrogen) atoms. The number of ether oxygens (including phenoxy) is 1. The fraction of sp³-hybridized carbons (Fsp3) is 0.625. The zero-order chi connectivity index (χ0) is 13.6. The number of hydrogen-bond acceptors (Lipinski definition) is 5. The number of sulfonamides is 1. The van der Waals surface area contributed by atoms with Crippen molar-refractivity contribution in [3.05, 3.63) is 16.4 Å². The van der Waals surface area contributed by atoms with Crippen LogP contribution in [0.25, 0.3) is 0 Å². The summed E-state index contributed by atoms with van der Waals surface area (Å²) in [6, 6.07) is 1.51. The lowest BCUT2D eigenvalue weighted by molar-refractivity contribution is 0.0233. The third-order valence-corrected chi connectivity index (χ3v) is 3.40. The lowest BCUT2D eigenvalue weighted by Crippen LogP contribution is -2.28. The smallest absolute Gasteiger partial charge is 0.261 e. The van der Waals surface area contributed by atoms with Gasteiger partial charge in [0.05, 0.1) is 18.9 Å². The molecule has 1 heterocycles. The molecule has 0 aliphatic carbocycles. The summed E-state index contributed by atoms with van der Waals surface area (Å²) in [5.74, 6) is -0.0615. The van der Waals surface area contributed by atoms with Gasteiger partial charge in [-0.05, 0) is 15.9 Å². The third-order valence-electron chi connectivity index (χ3n) is 1.74. The molecule has 0 amide bonds. The maximum Gasteiger partial charge on any atom is 0.261 e. The van der Waals surface area contributed by atoms with Crippen molar-refractivity contribution in [3.8, 4) is 0 Å². The van der Waals surface area contributed by atoms with Gasteiger partial charge < -0.3 is 9.26 Å². The van der Waals surface area contributed by atoms with Gasteiger partial charge in [-0.15, -0.1) is 0 Å². The van der Waals surface area contributed by atoms with Crippen molar-refractivity contribution in [2.24, 2.45) is 0 Å². The first-order chi connectivity index (χ1) is 8.39. The van der Waals surface area contributed by atoms with Crippen molar-refractivity contribution in [2.45, 2.75) is 13.0 Å². The fourth-order valence-electron chi connectivity index (χ4n) is 0.965. The van der Waals surface area contributed by atoms with E-state index >= 15 is 0 Å². The molecule has 0 radical (unpaired) electrons. The highest BCUT2D eigenvalue weighted by Crippen LogP contribution is 2.09. The molecule has 1 aromatic heterocycles. The van der Waals surface area contributed by atoms with Gasteiger partial charge in [0.25, 0.3) is 6.43 Å². The van der Waals surface area contributed by atoms with Crippen LogP contribution in [0.2, 0.25) is 0 Å². The monoisotopic (exact) mass is 348 g/mol. The Hall–Kier alpha value is -0.580. The van der Waals surface area contributed by atoms with Crippen LogP contribution < -0.4 is 4.72 Å². The summed E-state index contributed by atoms with van der Waals surface area (Å²) in [7, 11) is -3.59. The van der Waals surface area contributed by atoms with E-state index in [1.807, 2.05) is 0 Å². The molecule has 10 heteroatoms. The number of rotatable bonds is 8. The van der Waals surface area contributed by atoms with Gasteiger partial charge >= 0.3 is 0 Å². The number of nitrogens with zero attached hydrogens (tertiary/aromatic N) is 1. The first-order valence-electron chi connectivity index (χ1n) is 4.83. The molecule has 0 unspecified atom stereocenters. The molecule has 0 fully saturated rings. The molecule has 1 N–H and O–H groups in total. The standard InChI is InChI=1S/C8H11BrF2N2O4S/c9-7-3-6(17-13-7)4-12-18(14,15)2-1-16-5-8(10)11/h3,8,12H,1-2,4-5H2. The summed E-state index contributed by atoms with van der Waals surface area (Å²) in [4.78, 5) is 0. The van der Waals surface area contributed by atoms with Gasteiger partial charge in [-0.2, -0.15) is 0 Å². The van der Waals surface area contributed by atoms with Crippen LogP contribution in [0.15, 0.2) is 15.2 Å². The van der Waals surface area contributed by atoms with Crippen LogP contribution in [0.1, 0.15) is 5.76 Å². The highest BCUT2D eigenvalue weighted by Gasteiger charge is 2.12. The van der Waals surface area contributed by atoms with E-state index in [9.17, 15) is 17.2 Å². The molecule has 0 aromatic carbocycles. The zero-order valence-electron chi connectivity index (χ0n) is 9.11. The lowest BCUT2D eigenvalue weighted by atomic mass is 10.5. The number of halogens is 3. The van der Waals surface area contributed by atoms with Crippen molar-refractivity contribution in [3.63, 3.8) is 0 Å². The van der Waals surface area contributed by atoms with E-state index < -0.39 is 28.8 Å². The largest absolute Gasteiger partial charge is 0.374 e. The van der Waals surface area contributed by atoms with Crippen LogP contribution in [0.5, 0.6) is 0 Å². The summed E-state index contributed by atoms with van der Waals surface area (Å²) >= 11 is 3.04. The minimum absolute atomic E-state index is 0.0597. The number of aromatic nitrogens is 1. The Balaban J connectivity index is 2.27. The molecule has 1 rings (SSSR count). The van der Waals surface area contributed by atoms with Crippen LogP contribution in [-0.2, 0) is 21.3 Å². The first kappa shape index (κ1) is 15.5. The average Bonchev–Trinajstić information content (AvgIpc) is 2.68. The van der Waals surface area contributed by atoms with Crippen molar-refractivity contribution in [1.29, 1.82) is 0 Å². The van der Waals surface area contributed by atoms with Gasteiger partial charge in [-0.1, -0.05) is 5.16 Å². The van der Waals surface area contributed by atoms with Gasteiger partial charge in [0.15, 0.2) is 5.76 Å². The second-order valence-corrected chi connectivity index (χ2v) is 5.96. The second kappa shape index (κ2) is 7.12. The molecular weight excluding hydrogens is 338 g/mol. The van der Waals surface area contributed by atoms with E-state index in [1.165, 1.54) is 6.07 Å². The van der Waals surface area contributed by atoms with E-state index in [2.05, 4.69) is 30.5 Å². The Labute approximate surface area is 111 Å². The van der Waals surface area contributed by atoms with Crippen LogP contribution in [0, 0.1) is 0 Å². The molecule has 6 nitrogen and oxygen atoms in total. The predicted octanol–water partition coefficient (Wildman–Crippen LogP) is 1.14. The molecule has 0 bridgehead atoms. The van der Waals surface area contributed by atoms with Crippen LogP contribution >= 0.6 is 15.9 Å². The van der Waals surface area contributed by atoms with Crippen molar-refractivity contribution in [2.75, 3.05) is 19.0 Å². The summed E-state index contributed by atoms with van der Waals surface area (Å²) in [5, 5.41) is 3.51. The van der Waals surface area contributed by atoms with E-state index in [0.29, 0.717) is 10.4 Å². The normalized spacial score (nSPS) is 12.2. The lowest BCUT2D eigenvalue weighted by Gasteiger charge is -2.05. The van der Waals surface area contributed by atoms with E-state index in [0.717, 1.165) is 0 Å². The first-order valence-corrected chi connectivity index (χ1v) is 7.28. The Morgan fingerprint density at radius 3 is 2.83 bits per heavy atom. The molecule has 0 aliphatic rings. The zero-order valence-corrected chi connectivity index (χ0v) is 11.5. The maximum absolute atomic E-state index is 11.7. The molecule has 0 spiro atoms. The topological polar surface area (TPSA) is 81.4 Å². The van der Waals surface area contributed by atoms with E-state index in [4.69, 9.17) is 4.52 Å². The fourth-order valence-corrected chi connectivity index (χ4v) is 2.14. The quantitative estimate of drug-likeness (QED) is 0.712. The summed E-state index contributed by atoms with van der Waals surface area (Å²) < 4.78 is 58.2. The van der Waals surface area contributed by atoms with Gasteiger partial charge in [-0.25, -0.2) is 21.9 Å². The molecule has 0 saturated heterocycles. The van der Waals surface area contributed by atoms with Gasteiger partial charge in [0, 0.05) is 6.07 Å². The highest BCUT2D eigenvalue weighted by atomic mass is 79.9. The van der Waals surface area contributed by atoms with Crippen LogP contribution in [-0.4, -0.2) is 39.0 Å². The molecule has 104 valence electrons. The van der Waals surface area contributed by atoms with Crippen molar-refractivity contribution >= 4 is 26.0 Å². The van der Waals surface area contributed by atoms with E-state index in [-0.39, 0.29) is 13.2 Å². The molecule has 1 aromatic rings. The Morgan fingerprint density at radius 1 is 1.56 bits per heavy atom. The van der Waals surface area contributed by atoms with Crippen molar-refractivity contribution < 1.29 is 26.5 Å². The Morgan fingerprint density at radius 2 is 2.28 bits per heavy atom. The number of alkyl halides is 2. The minimum Gasteiger partial charge on any atom is -0.374 e. The molecule has 0 saturated carbocycles. The summed E-state index contributed by atoms with van der Waals surface area (Å²) in [6.45, 7) is -1.12. The summed E-state index contributed by atoms with van der Waals surface area (Å²) in [5.41, 5.74) is 0. The Kier molecular flexibility index (Phi) is 6.12. The number of nitrogens with one attached hydrogen (secondary N) is 1. The van der Waals surface area contributed by atoms with Crippen molar-refractivity contribution in [1.82, 2.24) is 9.88 Å². The maximum atomic E-state index is 11.7. The molecule has 0 aliphatic heterocycles. The second-order valence-electron chi connectivity index (χ2n) is 3.22. The molecular formula is C8H11BrF2N2O4S. The minimum atomic E-state index is -3.59. The van der Waals surface area contributed by atoms with Gasteiger partial charge in [-0.3, -0.25) is 0 Å². The van der Waals surface area contributed by atoms with E-state index in [1.54, 1.807) is 0 Å². The number of hydrogen-bond donors (Lipinski definition) is 1. The van der Waals surface area contributed by atoms with Crippen LogP contribution in [0.4, 0.5) is 8.78 Å². The predicted molar refractivity (Wildman–Crippen MR) is 61.7 cm³/mol. The SMILES string of the molecule is O=S(=O)(CCOCC(F)F)NCc1cc(Br)no1.